The Morgan fingerprint density at radius 1 is 1.00 bits per heavy atom. The van der Waals surface area contributed by atoms with Crippen molar-refractivity contribution >= 4 is 39.1 Å². The van der Waals surface area contributed by atoms with E-state index in [2.05, 4.69) is 0 Å². The van der Waals surface area contributed by atoms with E-state index in [0.717, 1.165) is 15.4 Å². The van der Waals surface area contributed by atoms with Crippen LogP contribution in [-0.4, -0.2) is 43.0 Å². The van der Waals surface area contributed by atoms with Gasteiger partial charge < -0.3 is 5.11 Å². The molecule has 0 unspecified atom stereocenters. The van der Waals surface area contributed by atoms with E-state index in [9.17, 15) is 22.7 Å². The number of hydrogen-bond donors (Lipinski definition) is 1. The molecule has 0 radical (unpaired) electrons. The quantitative estimate of drug-likeness (QED) is 0.423. The minimum atomic E-state index is -4.30. The Bertz CT molecular complexity index is 1290. The number of hydrogen-bond acceptors (Lipinski definition) is 5. The number of carbonyl (C=O) groups is 1. The van der Waals surface area contributed by atoms with Crippen LogP contribution in [0.2, 0.25) is 10.0 Å². The summed E-state index contributed by atoms with van der Waals surface area (Å²) < 4.78 is 41.5. The highest BCUT2D eigenvalue weighted by molar-refractivity contribution is 7.89. The van der Waals surface area contributed by atoms with Crippen LogP contribution in [0.1, 0.15) is 21.5 Å². The van der Waals surface area contributed by atoms with Crippen molar-refractivity contribution in [3.8, 4) is 5.75 Å². The van der Waals surface area contributed by atoms with Gasteiger partial charge in [0.05, 0.1) is 12.1 Å². The normalized spacial score (nSPS) is 11.6. The molecule has 0 aliphatic rings. The third kappa shape index (κ3) is 5.86. The maximum atomic E-state index is 13.5. The van der Waals surface area contributed by atoms with E-state index in [4.69, 9.17) is 28.0 Å². The smallest absolute Gasteiger partial charge is 0.277 e. The second-order valence-electron chi connectivity index (χ2n) is 7.32. The molecule has 0 aromatic heterocycles. The van der Waals surface area contributed by atoms with Gasteiger partial charge in [-0.05, 0) is 47.5 Å². The van der Waals surface area contributed by atoms with Crippen molar-refractivity contribution in [2.24, 2.45) is 0 Å². The second-order valence-corrected chi connectivity index (χ2v) is 10.1. The summed E-state index contributed by atoms with van der Waals surface area (Å²) in [5, 5.41) is 11.2. The molecule has 0 spiro atoms. The zero-order valence-corrected chi connectivity index (χ0v) is 20.5. The SMILES string of the molecule is CON(C)C(=O)c1ccc(CN(Cc2ccc(F)cc2)S(=O)(=O)c2cc(Cl)cc(Cl)c2O)cc1. The van der Waals surface area contributed by atoms with Crippen LogP contribution < -0.4 is 0 Å². The zero-order chi connectivity index (χ0) is 25.0. The fourth-order valence-corrected chi connectivity index (χ4v) is 5.28. The van der Waals surface area contributed by atoms with Gasteiger partial charge in [-0.2, -0.15) is 4.31 Å². The van der Waals surface area contributed by atoms with Crippen LogP contribution in [-0.2, 0) is 28.0 Å². The second kappa shape index (κ2) is 10.7. The number of rotatable bonds is 8. The summed E-state index contributed by atoms with van der Waals surface area (Å²) in [4.78, 5) is 16.7. The molecule has 180 valence electrons. The maximum absolute atomic E-state index is 13.5. The van der Waals surface area contributed by atoms with Crippen molar-refractivity contribution in [1.82, 2.24) is 9.37 Å². The third-order valence-corrected chi connectivity index (χ3v) is 7.31. The topological polar surface area (TPSA) is 87.2 Å². The van der Waals surface area contributed by atoms with Gasteiger partial charge in [0.2, 0.25) is 10.0 Å². The van der Waals surface area contributed by atoms with E-state index < -0.39 is 26.5 Å². The molecule has 0 heterocycles. The molecule has 0 aliphatic heterocycles. The van der Waals surface area contributed by atoms with Gasteiger partial charge in [-0.1, -0.05) is 47.5 Å². The van der Waals surface area contributed by atoms with E-state index in [1.807, 2.05) is 0 Å². The Balaban J connectivity index is 1.99. The summed E-state index contributed by atoms with van der Waals surface area (Å²) in [6, 6.07) is 14.0. The molecule has 1 N–H and O–H groups in total. The predicted molar refractivity (Wildman–Crippen MR) is 127 cm³/mol. The van der Waals surface area contributed by atoms with Crippen molar-refractivity contribution in [3.05, 3.63) is 93.2 Å². The summed E-state index contributed by atoms with van der Waals surface area (Å²) in [5.74, 6) is -1.46. The molecule has 3 aromatic rings. The number of benzene rings is 3. The standard InChI is InChI=1S/C23H21Cl2FN2O5S/c1-27(33-2)23(30)17-7-3-15(4-8-17)13-28(14-16-5-9-19(26)10-6-16)34(31,32)21-12-18(24)11-20(25)22(21)29/h3-12,29H,13-14H2,1-2H3. The van der Waals surface area contributed by atoms with Crippen LogP contribution >= 0.6 is 23.2 Å². The highest BCUT2D eigenvalue weighted by atomic mass is 35.5. The first-order chi connectivity index (χ1) is 16.0. The van der Waals surface area contributed by atoms with Crippen LogP contribution in [0.15, 0.2) is 65.6 Å². The molecule has 34 heavy (non-hydrogen) atoms. The number of phenolic OH excluding ortho intramolecular Hbond substituents is 1. The largest absolute Gasteiger partial charge is 0.505 e. The molecule has 11 heteroatoms. The fourth-order valence-electron chi connectivity index (χ4n) is 3.12. The van der Waals surface area contributed by atoms with Crippen LogP contribution in [0.25, 0.3) is 0 Å². The van der Waals surface area contributed by atoms with Gasteiger partial charge in [-0.3, -0.25) is 9.63 Å². The summed E-state index contributed by atoms with van der Waals surface area (Å²) in [7, 11) is -1.47. The number of nitrogens with zero attached hydrogens (tertiary/aromatic N) is 2. The van der Waals surface area contributed by atoms with Crippen LogP contribution in [0.3, 0.4) is 0 Å². The lowest BCUT2D eigenvalue weighted by Crippen LogP contribution is -2.30. The van der Waals surface area contributed by atoms with Gasteiger partial charge >= 0.3 is 0 Å². The zero-order valence-electron chi connectivity index (χ0n) is 18.2. The lowest BCUT2D eigenvalue weighted by Gasteiger charge is -2.23. The molecule has 1 amide bonds. The molecule has 3 aromatic carbocycles. The highest BCUT2D eigenvalue weighted by Crippen LogP contribution is 2.36. The lowest BCUT2D eigenvalue weighted by molar-refractivity contribution is -0.0757. The highest BCUT2D eigenvalue weighted by Gasteiger charge is 2.29. The van der Waals surface area contributed by atoms with E-state index >= 15 is 0 Å². The molecule has 7 nitrogen and oxygen atoms in total. The fraction of sp³-hybridized carbons (Fsp3) is 0.174. The first-order valence-corrected chi connectivity index (χ1v) is 12.1. The molecular weight excluding hydrogens is 506 g/mol. The molecule has 0 saturated heterocycles. The summed E-state index contributed by atoms with van der Waals surface area (Å²) in [6.07, 6.45) is 0. The van der Waals surface area contributed by atoms with Gasteiger partial charge in [-0.25, -0.2) is 17.9 Å². The van der Waals surface area contributed by atoms with Crippen molar-refractivity contribution in [3.63, 3.8) is 0 Å². The summed E-state index contributed by atoms with van der Waals surface area (Å²) in [5.41, 5.74) is 1.43. The third-order valence-electron chi connectivity index (χ3n) is 5.00. The summed E-state index contributed by atoms with van der Waals surface area (Å²) in [6.45, 7) is -0.239. The monoisotopic (exact) mass is 526 g/mol. The average Bonchev–Trinajstić information content (AvgIpc) is 2.81. The van der Waals surface area contributed by atoms with Gasteiger partial charge in [0.25, 0.3) is 5.91 Å². The molecular formula is C23H21Cl2FN2O5S. The molecule has 0 fully saturated rings. The molecule has 3 rings (SSSR count). The Hall–Kier alpha value is -2.69. The number of carbonyl (C=O) groups excluding carboxylic acids is 1. The molecule has 0 atom stereocenters. The van der Waals surface area contributed by atoms with E-state index in [-0.39, 0.29) is 29.0 Å². The average molecular weight is 527 g/mol. The Labute approximate surface area is 206 Å². The van der Waals surface area contributed by atoms with Crippen molar-refractivity contribution in [1.29, 1.82) is 0 Å². The summed E-state index contributed by atoms with van der Waals surface area (Å²) >= 11 is 11.9. The van der Waals surface area contributed by atoms with E-state index in [1.54, 1.807) is 24.3 Å². The van der Waals surface area contributed by atoms with Crippen molar-refractivity contribution in [2.45, 2.75) is 18.0 Å². The number of amides is 1. The number of sulfonamides is 1. The number of halogens is 3. The van der Waals surface area contributed by atoms with Crippen molar-refractivity contribution in [2.75, 3.05) is 14.2 Å². The van der Waals surface area contributed by atoms with Gasteiger partial charge in [0.15, 0.2) is 5.75 Å². The Morgan fingerprint density at radius 3 is 2.06 bits per heavy atom. The van der Waals surface area contributed by atoms with E-state index in [0.29, 0.717) is 16.7 Å². The number of phenols is 1. The minimum Gasteiger partial charge on any atom is -0.505 e. The Kier molecular flexibility index (Phi) is 8.17. The van der Waals surface area contributed by atoms with Crippen molar-refractivity contribution < 1.29 is 27.5 Å². The molecule has 0 aliphatic carbocycles. The number of hydroxylamine groups is 2. The predicted octanol–water partition coefficient (Wildman–Crippen LogP) is 4.86. The number of aromatic hydroxyl groups is 1. The van der Waals surface area contributed by atoms with Gasteiger partial charge in [-0.15, -0.1) is 0 Å². The van der Waals surface area contributed by atoms with Gasteiger partial charge in [0.1, 0.15) is 10.7 Å². The van der Waals surface area contributed by atoms with E-state index in [1.165, 1.54) is 44.5 Å². The first kappa shape index (κ1) is 25.9. The Morgan fingerprint density at radius 2 is 1.53 bits per heavy atom. The van der Waals surface area contributed by atoms with Crippen LogP contribution in [0, 0.1) is 5.82 Å². The van der Waals surface area contributed by atoms with Crippen LogP contribution in [0.5, 0.6) is 5.75 Å². The minimum absolute atomic E-state index is 0.0354. The van der Waals surface area contributed by atoms with Gasteiger partial charge in [0, 0.05) is 30.7 Å². The van der Waals surface area contributed by atoms with Crippen LogP contribution in [0.4, 0.5) is 4.39 Å². The molecule has 0 bridgehead atoms. The first-order valence-electron chi connectivity index (χ1n) is 9.86. The maximum Gasteiger partial charge on any atom is 0.277 e. The molecule has 0 saturated carbocycles. The lowest BCUT2D eigenvalue weighted by atomic mass is 10.1.